The monoisotopic (exact) mass is 1730 g/mol. The summed E-state index contributed by atoms with van der Waals surface area (Å²) in [6, 6.07) is 30.4. The number of hydrogen-bond donors (Lipinski definition) is 3. The molecule has 0 radical (unpaired) electrons. The first-order valence-corrected chi connectivity index (χ1v) is 47.3. The van der Waals surface area contributed by atoms with Gasteiger partial charge in [-0.25, -0.2) is 51.3 Å². The second-order valence-electron chi connectivity index (χ2n) is 32.1. The third kappa shape index (κ3) is 20.3. The molecule has 0 unspecified atom stereocenters. The van der Waals surface area contributed by atoms with Gasteiger partial charge in [-0.1, -0.05) is 24.3 Å². The van der Waals surface area contributed by atoms with Gasteiger partial charge in [-0.15, -0.1) is 0 Å². The zero-order valence-corrected chi connectivity index (χ0v) is 71.9. The summed E-state index contributed by atoms with van der Waals surface area (Å²) >= 11 is 0. The second-order valence-corrected chi connectivity index (χ2v) is 41.4. The highest BCUT2D eigenvalue weighted by Gasteiger charge is 2.56. The number of amides is 1. The topological polar surface area (TPSA) is 349 Å². The fourth-order valence-corrected chi connectivity index (χ4v) is 25.3. The summed E-state index contributed by atoms with van der Waals surface area (Å²) in [6.07, 6.45) is 8.50. The zero-order valence-electron chi connectivity index (χ0n) is 67.8. The number of piperidine rings is 5. The molecule has 31 nitrogen and oxygen atoms in total. The molecule has 3 N–H and O–H groups in total. The second kappa shape index (κ2) is 37.2. The van der Waals surface area contributed by atoms with Crippen LogP contribution < -0.4 is 20.1 Å². The maximum Gasteiger partial charge on any atom is 0.410 e. The van der Waals surface area contributed by atoms with Crippen LogP contribution in [0, 0.1) is 11.7 Å². The van der Waals surface area contributed by atoms with E-state index in [2.05, 4.69) is 20.4 Å². The number of nitrogens with zero attached hydrogens (tertiary/aromatic N) is 8. The number of benzene rings is 5. The van der Waals surface area contributed by atoms with E-state index in [1.807, 2.05) is 27.8 Å². The minimum atomic E-state index is -3.75. The Balaban J connectivity index is 0.000000135. The van der Waals surface area contributed by atoms with Crippen LogP contribution in [0.4, 0.5) is 9.18 Å². The smallest absolute Gasteiger partial charge is 0.410 e. The molecule has 16 rings (SSSR count). The average Bonchev–Trinajstić information content (AvgIpc) is 1.69. The lowest BCUT2D eigenvalue weighted by molar-refractivity contribution is -0.0913. The van der Waals surface area contributed by atoms with E-state index >= 15 is 0 Å². The summed E-state index contributed by atoms with van der Waals surface area (Å²) in [5.41, 5.74) is -3.16. The summed E-state index contributed by atoms with van der Waals surface area (Å²) < 4.78 is 196. The molecule has 5 spiro atoms. The summed E-state index contributed by atoms with van der Waals surface area (Å²) in [7, 11) is -13.0. The van der Waals surface area contributed by atoms with E-state index in [4.69, 9.17) is 43.0 Å². The summed E-state index contributed by atoms with van der Waals surface area (Å²) in [5.74, 6) is 1.61. The first kappa shape index (κ1) is 90.0. The van der Waals surface area contributed by atoms with Gasteiger partial charge in [-0.05, 0) is 182 Å². The van der Waals surface area contributed by atoms with Gasteiger partial charge in [-0.3, -0.25) is 4.79 Å². The molecule has 1 amide bonds. The van der Waals surface area contributed by atoms with Gasteiger partial charge in [0.15, 0.2) is 5.78 Å². The molecule has 0 atom stereocenters. The Kier molecular flexibility index (Phi) is 28.6. The highest BCUT2D eigenvalue weighted by atomic mass is 32.2. The number of aliphatic hydroxyl groups excluding tert-OH is 1. The van der Waals surface area contributed by atoms with Crippen molar-refractivity contribution >= 4 is 62.0 Å². The fourth-order valence-electron chi connectivity index (χ4n) is 16.7. The molecule has 10 saturated heterocycles. The number of carbonyl (C=O) groups excluding carboxylic acids is 2. The van der Waals surface area contributed by atoms with Crippen LogP contribution in [0.25, 0.3) is 0 Å². The minimum absolute atomic E-state index is 0.0803. The highest BCUT2D eigenvalue weighted by Crippen LogP contribution is 2.44. The molecule has 10 heterocycles. The Morgan fingerprint density at radius 1 is 0.444 bits per heavy atom. The molecular formula is C80H113FN10O21S5. The molecule has 11 fully saturated rings. The zero-order chi connectivity index (χ0) is 83.9. The molecule has 11 aliphatic rings. The molecule has 10 aliphatic heterocycles. The van der Waals surface area contributed by atoms with Gasteiger partial charge < -0.3 is 68.3 Å². The van der Waals surface area contributed by atoms with Crippen molar-refractivity contribution in [2.75, 3.05) is 159 Å². The number of likely N-dealkylation sites (tertiary alicyclic amines) is 3. The fraction of sp³-hybridized carbons (Fsp3) is 0.600. The average molecular weight is 1730 g/mol. The van der Waals surface area contributed by atoms with Gasteiger partial charge in [0, 0.05) is 148 Å². The largest absolute Gasteiger partial charge is 0.497 e. The molecule has 1 aliphatic carbocycles. The Hall–Kier alpha value is -6.28. The minimum Gasteiger partial charge on any atom is -0.497 e. The Morgan fingerprint density at radius 3 is 1.05 bits per heavy atom. The van der Waals surface area contributed by atoms with Crippen LogP contribution in [0.15, 0.2) is 146 Å². The predicted molar refractivity (Wildman–Crippen MR) is 430 cm³/mol. The number of ether oxygens (including phenoxy) is 8. The first-order chi connectivity index (χ1) is 55.6. The van der Waals surface area contributed by atoms with Gasteiger partial charge >= 0.3 is 6.09 Å². The van der Waals surface area contributed by atoms with Crippen molar-refractivity contribution in [1.29, 1.82) is 0 Å². The lowest BCUT2D eigenvalue weighted by atomic mass is 10.0. The van der Waals surface area contributed by atoms with Gasteiger partial charge in [0.1, 0.15) is 51.5 Å². The lowest BCUT2D eigenvalue weighted by Crippen LogP contribution is -2.56. The number of hydrogen-bond acceptors (Lipinski definition) is 25. The molecule has 646 valence electrons. The van der Waals surface area contributed by atoms with Crippen LogP contribution in [0.2, 0.25) is 0 Å². The van der Waals surface area contributed by atoms with Crippen molar-refractivity contribution in [3.8, 4) is 11.5 Å². The highest BCUT2D eigenvalue weighted by molar-refractivity contribution is 7.90. The van der Waals surface area contributed by atoms with Crippen molar-refractivity contribution in [3.63, 3.8) is 0 Å². The molecule has 117 heavy (non-hydrogen) atoms. The van der Waals surface area contributed by atoms with E-state index < -0.39 is 96.3 Å². The quantitative estimate of drug-likeness (QED) is 0.0845. The van der Waals surface area contributed by atoms with Crippen LogP contribution in [-0.2, 0) is 85.1 Å². The normalized spacial score (nSPS) is 22.6. The van der Waals surface area contributed by atoms with Crippen LogP contribution in [0.1, 0.15) is 121 Å². The molecule has 5 aromatic carbocycles. The SMILES string of the molecule is CC(=O)c1ccc(S(=O)(=O)N2CCOC23CCNCC3)cc1.CC(C)(C)OC(=O)N1CCC2(CC1)OCCN2S(=O)(=O)c1ccc(CO)cc1.COc1ccc(S(=O)(=O)N2CCOC23CCN(C)CC3)cc1.COc1ccc(S(=O)(=O)N2CCOC23CCNCC3)cc1.O=S(=O)(c1ccc(F)cc1)N1CCOC12CCN(CC1CC1)CC2. The van der Waals surface area contributed by atoms with Gasteiger partial charge in [0.25, 0.3) is 0 Å². The van der Waals surface area contributed by atoms with Crippen molar-refractivity contribution in [1.82, 2.24) is 46.9 Å². The summed E-state index contributed by atoms with van der Waals surface area (Å²) in [5, 5.41) is 15.6. The number of Topliss-reactive ketones (excluding diaryl/α,β-unsaturated/α-hetero) is 1. The van der Waals surface area contributed by atoms with Crippen molar-refractivity contribution in [2.45, 2.75) is 170 Å². The van der Waals surface area contributed by atoms with Gasteiger partial charge in [-0.2, -0.15) is 21.5 Å². The summed E-state index contributed by atoms with van der Waals surface area (Å²) in [6.45, 7) is 19.0. The molecule has 0 aromatic heterocycles. The van der Waals surface area contributed by atoms with Crippen LogP contribution in [-0.4, -0.2) is 289 Å². The van der Waals surface area contributed by atoms with Gasteiger partial charge in [0.05, 0.1) is 78.3 Å². The third-order valence-electron chi connectivity index (χ3n) is 23.4. The van der Waals surface area contributed by atoms with Crippen LogP contribution >= 0.6 is 0 Å². The first-order valence-electron chi connectivity index (χ1n) is 40.1. The van der Waals surface area contributed by atoms with Gasteiger partial charge in [0.2, 0.25) is 50.1 Å². The third-order valence-corrected chi connectivity index (χ3v) is 33.2. The van der Waals surface area contributed by atoms with Crippen molar-refractivity contribution in [3.05, 3.63) is 138 Å². The summed E-state index contributed by atoms with van der Waals surface area (Å²) in [4.78, 5) is 30.9. The Labute approximate surface area is 688 Å². The van der Waals surface area contributed by atoms with Crippen molar-refractivity contribution in [2.24, 2.45) is 5.92 Å². The van der Waals surface area contributed by atoms with E-state index in [0.29, 0.717) is 159 Å². The number of ketones is 1. The Bertz CT molecular complexity index is 4790. The van der Waals surface area contributed by atoms with E-state index in [9.17, 15) is 56.1 Å². The maximum absolute atomic E-state index is 13.2. The number of sulfonamides is 5. The number of halogens is 1. The van der Waals surface area contributed by atoms with E-state index in [1.165, 1.54) is 85.5 Å². The molecule has 0 bridgehead atoms. The van der Waals surface area contributed by atoms with E-state index in [-0.39, 0.29) is 43.4 Å². The molecule has 37 heteroatoms. The number of carbonyl (C=O) groups is 2. The van der Waals surface area contributed by atoms with Crippen LogP contribution in [0.3, 0.4) is 0 Å². The molecule has 1 saturated carbocycles. The van der Waals surface area contributed by atoms with E-state index in [1.54, 1.807) is 96.2 Å². The van der Waals surface area contributed by atoms with E-state index in [0.717, 1.165) is 64.8 Å². The number of aliphatic hydroxyl groups is 1. The maximum atomic E-state index is 13.2. The standard InChI is InChI=1S/C19H28N2O6S.C17H23FN2O3S.C15H22N2O4S.C15H20N2O4S.C14H20N2O4S/c1-18(2,3)27-17(23)20-10-8-19(9-11-20)21(12-13-26-19)28(24,25)16-6-4-15(14-22)5-7-16;18-15-3-5-16(6-4-15)24(21,22)20-11-12-23-17(20)7-9-19(10-8-17)13-14-1-2-14;1-16-9-7-15(8-10-16)17(11-12-21-15)22(18,19)14-5-3-13(20-2)4-6-14;1-12(18)13-2-4-14(5-3-13)22(19,20)17-10-11-21-15(17)6-8-16-9-7-15;1-19-12-2-4-13(5-3-12)21(17,18)16-10-11-20-14(16)6-8-15-9-7-14/h4-7,22H,8-14H2,1-3H3;3-6,14H,1-2,7-13H2;3-6H,7-12H2,1-2H3;2-5,16H,6-11H2,1H3;2-5,15H,6-11H2,1H3. The Morgan fingerprint density at radius 2 is 0.744 bits per heavy atom. The number of nitrogens with one attached hydrogen (secondary N) is 2. The predicted octanol–water partition coefficient (Wildman–Crippen LogP) is 6.90. The lowest BCUT2D eigenvalue weighted by Gasteiger charge is -2.42. The van der Waals surface area contributed by atoms with Crippen molar-refractivity contribution < 1.29 is 99.1 Å². The number of rotatable bonds is 16. The molecule has 5 aromatic rings. The molecular weight excluding hydrogens is 1620 g/mol. The number of methoxy groups -OCH3 is 2. The van der Waals surface area contributed by atoms with Crippen LogP contribution in [0.5, 0.6) is 11.5 Å².